The minimum Gasteiger partial charge on any atom is -0.342 e. The number of hydrogen-bond donors (Lipinski definition) is 1. The van der Waals surface area contributed by atoms with Gasteiger partial charge in [-0.25, -0.2) is 0 Å². The van der Waals surface area contributed by atoms with E-state index >= 15 is 0 Å². The number of fused-ring (bicyclic) bond motifs is 1. The Labute approximate surface area is 129 Å². The quantitative estimate of drug-likeness (QED) is 0.869. The maximum Gasteiger partial charge on any atom is 0.222 e. The van der Waals surface area contributed by atoms with E-state index in [1.807, 2.05) is 0 Å². The zero-order valence-electron chi connectivity index (χ0n) is 12.6. The molecule has 3 aliphatic rings. The van der Waals surface area contributed by atoms with Crippen molar-refractivity contribution in [2.24, 2.45) is 23.7 Å². The second-order valence-corrected chi connectivity index (χ2v) is 7.02. The molecule has 1 aliphatic carbocycles. The number of carbonyl (C=O) groups excluding carboxylic acids is 1. The highest BCUT2D eigenvalue weighted by Gasteiger charge is 2.38. The molecule has 0 aromatic carbocycles. The van der Waals surface area contributed by atoms with E-state index in [4.69, 9.17) is 0 Å². The summed E-state index contributed by atoms with van der Waals surface area (Å²) >= 11 is 0. The van der Waals surface area contributed by atoms with E-state index in [9.17, 15) is 4.79 Å². The molecule has 2 aliphatic heterocycles. The van der Waals surface area contributed by atoms with Crippen LogP contribution in [0.3, 0.4) is 0 Å². The molecule has 2 saturated heterocycles. The highest BCUT2D eigenvalue weighted by atomic mass is 35.5. The summed E-state index contributed by atoms with van der Waals surface area (Å²) in [6, 6.07) is 0. The highest BCUT2D eigenvalue weighted by molar-refractivity contribution is 5.85. The van der Waals surface area contributed by atoms with Crippen molar-refractivity contribution < 1.29 is 4.79 Å². The lowest BCUT2D eigenvalue weighted by Gasteiger charge is -2.29. The third kappa shape index (κ3) is 3.48. The lowest BCUT2D eigenvalue weighted by molar-refractivity contribution is -0.131. The number of nitrogens with one attached hydrogen (secondary N) is 1. The largest absolute Gasteiger partial charge is 0.342 e. The molecule has 1 amide bonds. The van der Waals surface area contributed by atoms with Gasteiger partial charge in [-0.15, -0.1) is 12.4 Å². The normalized spacial score (nSPS) is 31.8. The van der Waals surface area contributed by atoms with Gasteiger partial charge in [-0.2, -0.15) is 0 Å². The monoisotopic (exact) mass is 300 g/mol. The van der Waals surface area contributed by atoms with E-state index in [-0.39, 0.29) is 12.4 Å². The Morgan fingerprint density at radius 3 is 2.35 bits per heavy atom. The number of nitrogens with zero attached hydrogens (tertiary/aromatic N) is 1. The summed E-state index contributed by atoms with van der Waals surface area (Å²) < 4.78 is 0. The zero-order chi connectivity index (χ0) is 13.2. The molecule has 3 nitrogen and oxygen atoms in total. The molecule has 2 heterocycles. The molecule has 4 heteroatoms. The third-order valence-electron chi connectivity index (χ3n) is 5.76. The first-order valence-electron chi connectivity index (χ1n) is 8.22. The van der Waals surface area contributed by atoms with Gasteiger partial charge >= 0.3 is 0 Å². The summed E-state index contributed by atoms with van der Waals surface area (Å²) in [5, 5.41) is 3.41. The van der Waals surface area contributed by atoms with Crippen molar-refractivity contribution in [2.75, 3.05) is 26.2 Å². The molecule has 1 N–H and O–H groups in total. The van der Waals surface area contributed by atoms with Crippen LogP contribution in [0.15, 0.2) is 0 Å². The second kappa shape index (κ2) is 7.13. The molecule has 116 valence electrons. The molecule has 3 fully saturated rings. The number of halogens is 1. The minimum atomic E-state index is 0. The summed E-state index contributed by atoms with van der Waals surface area (Å²) in [6.07, 6.45) is 7.39. The first-order chi connectivity index (χ1) is 9.24. The molecule has 0 radical (unpaired) electrons. The van der Waals surface area contributed by atoms with E-state index in [1.165, 1.54) is 32.1 Å². The molecule has 0 spiro atoms. The van der Waals surface area contributed by atoms with Crippen molar-refractivity contribution in [1.82, 2.24) is 10.2 Å². The van der Waals surface area contributed by atoms with Crippen LogP contribution in [0, 0.1) is 23.7 Å². The number of hydrogen-bond acceptors (Lipinski definition) is 2. The van der Waals surface area contributed by atoms with Crippen molar-refractivity contribution >= 4 is 18.3 Å². The van der Waals surface area contributed by atoms with Gasteiger partial charge in [0.2, 0.25) is 5.91 Å². The van der Waals surface area contributed by atoms with Crippen molar-refractivity contribution in [3.05, 3.63) is 0 Å². The van der Waals surface area contributed by atoms with E-state index in [1.54, 1.807) is 0 Å². The van der Waals surface area contributed by atoms with Crippen molar-refractivity contribution in [2.45, 2.75) is 45.4 Å². The molecule has 0 bridgehead atoms. The zero-order valence-corrected chi connectivity index (χ0v) is 13.5. The van der Waals surface area contributed by atoms with Crippen molar-refractivity contribution in [3.63, 3.8) is 0 Å². The third-order valence-corrected chi connectivity index (χ3v) is 5.76. The van der Waals surface area contributed by atoms with E-state index in [0.29, 0.717) is 11.8 Å². The number of piperidine rings is 1. The van der Waals surface area contributed by atoms with Gasteiger partial charge in [0.1, 0.15) is 0 Å². The van der Waals surface area contributed by atoms with Gasteiger partial charge < -0.3 is 10.2 Å². The van der Waals surface area contributed by atoms with E-state index in [2.05, 4.69) is 17.1 Å². The Morgan fingerprint density at radius 1 is 1.15 bits per heavy atom. The first-order valence-corrected chi connectivity index (χ1v) is 8.22. The average molecular weight is 301 g/mol. The topological polar surface area (TPSA) is 32.3 Å². The van der Waals surface area contributed by atoms with Gasteiger partial charge in [-0.1, -0.05) is 13.3 Å². The molecule has 1 saturated carbocycles. The van der Waals surface area contributed by atoms with Crippen LogP contribution in [0.5, 0.6) is 0 Å². The van der Waals surface area contributed by atoms with Crippen molar-refractivity contribution in [1.29, 1.82) is 0 Å². The standard InChI is InChI=1S/C16H28N2O.ClH/c1-12(13-5-7-17-8-6-13)9-16(19)18-10-14-3-2-4-15(14)11-18;/h12-15,17H,2-11H2,1H3;1H. The fraction of sp³-hybridized carbons (Fsp3) is 0.938. The highest BCUT2D eigenvalue weighted by Crippen LogP contribution is 2.38. The summed E-state index contributed by atoms with van der Waals surface area (Å²) in [5.74, 6) is 3.42. The summed E-state index contributed by atoms with van der Waals surface area (Å²) in [5.41, 5.74) is 0. The van der Waals surface area contributed by atoms with Gasteiger partial charge in [-0.3, -0.25) is 4.79 Å². The van der Waals surface area contributed by atoms with Crippen LogP contribution >= 0.6 is 12.4 Å². The first kappa shape index (κ1) is 16.1. The van der Waals surface area contributed by atoms with Gasteiger partial charge in [0, 0.05) is 19.5 Å². The summed E-state index contributed by atoms with van der Waals surface area (Å²) in [7, 11) is 0. The minimum absolute atomic E-state index is 0. The molecule has 0 aromatic rings. The Kier molecular flexibility index (Phi) is 5.74. The van der Waals surface area contributed by atoms with E-state index in [0.717, 1.165) is 50.4 Å². The molecule has 20 heavy (non-hydrogen) atoms. The van der Waals surface area contributed by atoms with Gasteiger partial charge in [0.15, 0.2) is 0 Å². The summed E-state index contributed by atoms with van der Waals surface area (Å²) in [4.78, 5) is 14.6. The average Bonchev–Trinajstić information content (AvgIpc) is 3.00. The van der Waals surface area contributed by atoms with Crippen LogP contribution in [-0.4, -0.2) is 37.0 Å². The molecule has 0 aromatic heterocycles. The Bertz CT molecular complexity index is 318. The van der Waals surface area contributed by atoms with Crippen LogP contribution in [0.25, 0.3) is 0 Å². The van der Waals surface area contributed by atoms with Crippen LogP contribution in [0.2, 0.25) is 0 Å². The number of carbonyl (C=O) groups is 1. The second-order valence-electron chi connectivity index (χ2n) is 7.02. The smallest absolute Gasteiger partial charge is 0.222 e. The number of rotatable bonds is 3. The molecule has 3 unspecified atom stereocenters. The molecular formula is C16H29ClN2O. The van der Waals surface area contributed by atoms with Gasteiger partial charge in [0.25, 0.3) is 0 Å². The number of amides is 1. The maximum absolute atomic E-state index is 12.4. The van der Waals surface area contributed by atoms with E-state index < -0.39 is 0 Å². The van der Waals surface area contributed by atoms with Gasteiger partial charge in [-0.05, 0) is 62.4 Å². The van der Waals surface area contributed by atoms with Crippen LogP contribution < -0.4 is 5.32 Å². The maximum atomic E-state index is 12.4. The fourth-order valence-corrected chi connectivity index (χ4v) is 4.42. The number of likely N-dealkylation sites (tertiary alicyclic amines) is 1. The predicted molar refractivity (Wildman–Crippen MR) is 84.0 cm³/mol. The summed E-state index contributed by atoms with van der Waals surface area (Å²) in [6.45, 7) is 6.67. The Balaban J connectivity index is 0.00000147. The molecule has 3 rings (SSSR count). The van der Waals surface area contributed by atoms with Crippen LogP contribution in [-0.2, 0) is 4.79 Å². The van der Waals surface area contributed by atoms with Crippen molar-refractivity contribution in [3.8, 4) is 0 Å². The molecule has 3 atom stereocenters. The fourth-order valence-electron chi connectivity index (χ4n) is 4.42. The molecular weight excluding hydrogens is 272 g/mol. The van der Waals surface area contributed by atoms with Crippen LogP contribution in [0.4, 0.5) is 0 Å². The lowest BCUT2D eigenvalue weighted by Crippen LogP contribution is -2.35. The Hall–Kier alpha value is -0.280. The van der Waals surface area contributed by atoms with Crippen LogP contribution in [0.1, 0.15) is 45.4 Å². The lowest BCUT2D eigenvalue weighted by atomic mass is 9.84. The predicted octanol–water partition coefficient (Wildman–Crippen LogP) is 2.69. The van der Waals surface area contributed by atoms with Gasteiger partial charge in [0.05, 0.1) is 0 Å². The Morgan fingerprint density at radius 2 is 1.75 bits per heavy atom. The SMILES string of the molecule is CC(CC(=O)N1CC2CCCC2C1)C1CCNCC1.Cl.